The van der Waals surface area contributed by atoms with Gasteiger partial charge in [0.25, 0.3) is 0 Å². The minimum absolute atomic E-state index is 0.308. The highest BCUT2D eigenvalue weighted by molar-refractivity contribution is 7.13. The van der Waals surface area contributed by atoms with Gasteiger partial charge in [0, 0.05) is 30.2 Å². The van der Waals surface area contributed by atoms with Crippen molar-refractivity contribution < 1.29 is 5.11 Å². The first-order valence-electron chi connectivity index (χ1n) is 6.79. The van der Waals surface area contributed by atoms with Gasteiger partial charge in [-0.25, -0.2) is 4.98 Å². The number of nitrogens with zero attached hydrogens (tertiary/aromatic N) is 1. The number of rotatable bonds is 5. The summed E-state index contributed by atoms with van der Waals surface area (Å²) in [6, 6.07) is 15.7. The van der Waals surface area contributed by atoms with Gasteiger partial charge in [0.05, 0.1) is 0 Å². The summed E-state index contributed by atoms with van der Waals surface area (Å²) < 4.78 is 0. The van der Waals surface area contributed by atoms with Crippen LogP contribution in [0.4, 0.5) is 0 Å². The Morgan fingerprint density at radius 1 is 1.00 bits per heavy atom. The first-order valence-corrected chi connectivity index (χ1v) is 7.67. The van der Waals surface area contributed by atoms with Crippen LogP contribution in [0.25, 0.3) is 10.6 Å². The zero-order chi connectivity index (χ0) is 14.5. The van der Waals surface area contributed by atoms with E-state index in [0.717, 1.165) is 29.2 Å². The maximum atomic E-state index is 9.42. The lowest BCUT2D eigenvalue weighted by Gasteiger charge is -2.06. The summed E-state index contributed by atoms with van der Waals surface area (Å²) in [5.74, 6) is 0.308. The molecular formula is C17H16N2OS. The molecule has 3 nitrogen and oxygen atoms in total. The molecular weight excluding hydrogens is 280 g/mol. The standard InChI is InChI=1S/C17H16N2OS/c20-16-3-1-2-14(10-16)12-18-11-13-4-6-15(7-5-13)17-19-8-9-21-17/h1-10,18,20H,11-12H2. The van der Waals surface area contributed by atoms with Crippen LogP contribution in [0.2, 0.25) is 0 Å². The molecule has 0 atom stereocenters. The molecule has 0 aliphatic heterocycles. The number of aromatic nitrogens is 1. The summed E-state index contributed by atoms with van der Waals surface area (Å²) in [5, 5.41) is 15.8. The summed E-state index contributed by atoms with van der Waals surface area (Å²) in [5.41, 5.74) is 3.46. The second-order valence-corrected chi connectivity index (χ2v) is 5.70. The van der Waals surface area contributed by atoms with Crippen molar-refractivity contribution in [1.29, 1.82) is 0 Å². The second-order valence-electron chi connectivity index (χ2n) is 4.81. The van der Waals surface area contributed by atoms with E-state index in [-0.39, 0.29) is 0 Å². The van der Waals surface area contributed by atoms with Gasteiger partial charge in [-0.15, -0.1) is 11.3 Å². The number of phenols is 1. The molecule has 21 heavy (non-hydrogen) atoms. The van der Waals surface area contributed by atoms with E-state index in [1.54, 1.807) is 23.5 Å². The number of aromatic hydroxyl groups is 1. The van der Waals surface area contributed by atoms with Crippen LogP contribution in [-0.4, -0.2) is 10.1 Å². The number of nitrogens with one attached hydrogen (secondary N) is 1. The Labute approximate surface area is 127 Å². The molecule has 4 heteroatoms. The average Bonchev–Trinajstić information content (AvgIpc) is 3.02. The highest BCUT2D eigenvalue weighted by Gasteiger charge is 2.00. The molecule has 3 rings (SSSR count). The summed E-state index contributed by atoms with van der Waals surface area (Å²) in [7, 11) is 0. The first-order chi connectivity index (χ1) is 10.3. The van der Waals surface area contributed by atoms with E-state index in [9.17, 15) is 5.11 Å². The van der Waals surface area contributed by atoms with E-state index < -0.39 is 0 Å². The lowest BCUT2D eigenvalue weighted by atomic mass is 10.1. The van der Waals surface area contributed by atoms with Gasteiger partial charge >= 0.3 is 0 Å². The first kappa shape index (κ1) is 13.8. The molecule has 0 spiro atoms. The molecule has 0 fully saturated rings. The van der Waals surface area contributed by atoms with Gasteiger partial charge < -0.3 is 10.4 Å². The number of thiazole rings is 1. The van der Waals surface area contributed by atoms with Gasteiger partial charge in [-0.2, -0.15) is 0 Å². The number of hydrogen-bond donors (Lipinski definition) is 2. The quantitative estimate of drug-likeness (QED) is 0.752. The van der Waals surface area contributed by atoms with E-state index in [1.807, 2.05) is 23.7 Å². The van der Waals surface area contributed by atoms with Crippen molar-refractivity contribution in [3.63, 3.8) is 0 Å². The van der Waals surface area contributed by atoms with E-state index in [0.29, 0.717) is 5.75 Å². The zero-order valence-electron chi connectivity index (χ0n) is 11.5. The fourth-order valence-electron chi connectivity index (χ4n) is 2.15. The molecule has 0 saturated carbocycles. The van der Waals surface area contributed by atoms with E-state index in [1.165, 1.54) is 5.56 Å². The predicted octanol–water partition coefficient (Wildman–Crippen LogP) is 3.81. The Morgan fingerprint density at radius 3 is 2.52 bits per heavy atom. The number of phenolic OH excluding ortho intramolecular Hbond substituents is 1. The van der Waals surface area contributed by atoms with Crippen molar-refractivity contribution in [2.75, 3.05) is 0 Å². The largest absolute Gasteiger partial charge is 0.508 e. The molecule has 0 saturated heterocycles. The fraction of sp³-hybridized carbons (Fsp3) is 0.118. The molecule has 0 aliphatic rings. The molecule has 0 radical (unpaired) electrons. The monoisotopic (exact) mass is 296 g/mol. The number of benzene rings is 2. The Bertz CT molecular complexity index is 693. The Balaban J connectivity index is 1.56. The van der Waals surface area contributed by atoms with Gasteiger partial charge in [-0.1, -0.05) is 36.4 Å². The average molecular weight is 296 g/mol. The third-order valence-electron chi connectivity index (χ3n) is 3.20. The highest BCUT2D eigenvalue weighted by Crippen LogP contribution is 2.21. The molecule has 1 heterocycles. The van der Waals surface area contributed by atoms with Crippen molar-refractivity contribution in [2.45, 2.75) is 13.1 Å². The van der Waals surface area contributed by atoms with Gasteiger partial charge in [-0.3, -0.25) is 0 Å². The lowest BCUT2D eigenvalue weighted by Crippen LogP contribution is -2.12. The van der Waals surface area contributed by atoms with Crippen LogP contribution in [-0.2, 0) is 13.1 Å². The van der Waals surface area contributed by atoms with Crippen LogP contribution in [0.1, 0.15) is 11.1 Å². The van der Waals surface area contributed by atoms with Crippen molar-refractivity contribution in [3.05, 3.63) is 71.2 Å². The van der Waals surface area contributed by atoms with Crippen LogP contribution in [0.15, 0.2) is 60.1 Å². The molecule has 2 N–H and O–H groups in total. The molecule has 1 aromatic heterocycles. The van der Waals surface area contributed by atoms with Crippen molar-refractivity contribution in [1.82, 2.24) is 10.3 Å². The van der Waals surface area contributed by atoms with Crippen molar-refractivity contribution >= 4 is 11.3 Å². The lowest BCUT2D eigenvalue weighted by molar-refractivity contribution is 0.474. The van der Waals surface area contributed by atoms with Crippen molar-refractivity contribution in [3.8, 4) is 16.3 Å². The van der Waals surface area contributed by atoms with Crippen LogP contribution < -0.4 is 5.32 Å². The molecule has 0 unspecified atom stereocenters. The van der Waals surface area contributed by atoms with Crippen molar-refractivity contribution in [2.24, 2.45) is 0 Å². The third-order valence-corrected chi connectivity index (χ3v) is 4.02. The van der Waals surface area contributed by atoms with Crippen LogP contribution in [0.3, 0.4) is 0 Å². The molecule has 0 bridgehead atoms. The van der Waals surface area contributed by atoms with Crippen LogP contribution >= 0.6 is 11.3 Å². The van der Waals surface area contributed by atoms with Gasteiger partial charge in [0.2, 0.25) is 0 Å². The molecule has 2 aromatic carbocycles. The predicted molar refractivity (Wildman–Crippen MR) is 86.2 cm³/mol. The van der Waals surface area contributed by atoms with E-state index in [4.69, 9.17) is 0 Å². The SMILES string of the molecule is Oc1cccc(CNCc2ccc(-c3nccs3)cc2)c1. The highest BCUT2D eigenvalue weighted by atomic mass is 32.1. The summed E-state index contributed by atoms with van der Waals surface area (Å²) in [4.78, 5) is 4.31. The van der Waals surface area contributed by atoms with E-state index >= 15 is 0 Å². The maximum absolute atomic E-state index is 9.42. The van der Waals surface area contributed by atoms with Crippen LogP contribution in [0, 0.1) is 0 Å². The smallest absolute Gasteiger partial charge is 0.123 e. The Hall–Kier alpha value is -2.17. The van der Waals surface area contributed by atoms with Gasteiger partial charge in [0.1, 0.15) is 10.8 Å². The fourth-order valence-corrected chi connectivity index (χ4v) is 2.79. The molecule has 0 aliphatic carbocycles. The third kappa shape index (κ3) is 3.68. The zero-order valence-corrected chi connectivity index (χ0v) is 12.3. The van der Waals surface area contributed by atoms with Gasteiger partial charge in [-0.05, 0) is 23.3 Å². The minimum Gasteiger partial charge on any atom is -0.508 e. The molecule has 3 aromatic rings. The minimum atomic E-state index is 0.308. The Kier molecular flexibility index (Phi) is 4.28. The summed E-state index contributed by atoms with van der Waals surface area (Å²) >= 11 is 1.65. The van der Waals surface area contributed by atoms with E-state index in [2.05, 4.69) is 34.6 Å². The number of hydrogen-bond acceptors (Lipinski definition) is 4. The Morgan fingerprint density at radius 2 is 1.81 bits per heavy atom. The topological polar surface area (TPSA) is 45.1 Å². The van der Waals surface area contributed by atoms with Gasteiger partial charge in [0.15, 0.2) is 0 Å². The maximum Gasteiger partial charge on any atom is 0.123 e. The summed E-state index contributed by atoms with van der Waals surface area (Å²) in [6.07, 6.45) is 1.82. The molecule has 0 amide bonds. The molecule has 106 valence electrons. The van der Waals surface area contributed by atoms with Crippen LogP contribution in [0.5, 0.6) is 5.75 Å². The normalized spacial score (nSPS) is 10.7. The second kappa shape index (κ2) is 6.52. The summed E-state index contributed by atoms with van der Waals surface area (Å²) in [6.45, 7) is 1.54.